The van der Waals surface area contributed by atoms with Crippen molar-refractivity contribution in [1.82, 2.24) is 15.1 Å². The number of unbranched alkanes of at least 4 members (excludes halogenated alkanes) is 1. The average Bonchev–Trinajstić information content (AvgIpc) is 2.57. The third-order valence-electron chi connectivity index (χ3n) is 2.08. The van der Waals surface area contributed by atoms with Gasteiger partial charge in [-0.15, -0.1) is 0 Å². The van der Waals surface area contributed by atoms with E-state index >= 15 is 0 Å². The molecule has 0 aliphatic carbocycles. The molecule has 0 saturated carbocycles. The quantitative estimate of drug-likeness (QED) is 0.653. The molecule has 0 saturated heterocycles. The molecule has 2 N–H and O–H groups in total. The van der Waals surface area contributed by atoms with Crippen molar-refractivity contribution in [1.29, 1.82) is 0 Å². The van der Waals surface area contributed by atoms with Gasteiger partial charge in [-0.1, -0.05) is 0 Å². The number of carbonyl (C=O) groups is 1. The largest absolute Gasteiger partial charge is 0.481 e. The summed E-state index contributed by atoms with van der Waals surface area (Å²) in [6, 6.07) is 0. The normalized spacial score (nSPS) is 10.5. The highest BCUT2D eigenvalue weighted by Crippen LogP contribution is 1.97. The lowest BCUT2D eigenvalue weighted by Crippen LogP contribution is -2.14. The highest BCUT2D eigenvalue weighted by molar-refractivity contribution is 5.66. The molecule has 0 amide bonds. The number of carboxylic acid groups (broad SMARTS) is 1. The van der Waals surface area contributed by atoms with Crippen LogP contribution in [-0.2, 0) is 18.4 Å². The molecule has 0 aliphatic heterocycles. The second kappa shape index (κ2) is 6.19. The van der Waals surface area contributed by atoms with Gasteiger partial charge in [0.1, 0.15) is 0 Å². The Morgan fingerprint density at radius 1 is 1.60 bits per heavy atom. The van der Waals surface area contributed by atoms with Crippen molar-refractivity contribution in [2.45, 2.75) is 25.8 Å². The zero-order chi connectivity index (χ0) is 11.1. The molecule has 5 heteroatoms. The summed E-state index contributed by atoms with van der Waals surface area (Å²) in [5.41, 5.74) is 1.15. The average molecular weight is 211 g/mol. The van der Waals surface area contributed by atoms with Crippen molar-refractivity contribution in [3.8, 4) is 0 Å². The van der Waals surface area contributed by atoms with E-state index in [-0.39, 0.29) is 6.42 Å². The van der Waals surface area contributed by atoms with Gasteiger partial charge >= 0.3 is 5.97 Å². The number of aromatic nitrogens is 2. The van der Waals surface area contributed by atoms with Crippen LogP contribution in [0.3, 0.4) is 0 Å². The standard InChI is InChI=1S/C10H17N3O2/c1-13-8-9(7-12-13)6-11-5-3-2-4-10(14)15/h7-8,11H,2-6H2,1H3,(H,14,15). The van der Waals surface area contributed by atoms with Gasteiger partial charge in [0, 0.05) is 31.8 Å². The summed E-state index contributed by atoms with van der Waals surface area (Å²) in [7, 11) is 1.89. The van der Waals surface area contributed by atoms with Crippen LogP contribution in [-0.4, -0.2) is 27.4 Å². The van der Waals surface area contributed by atoms with Gasteiger partial charge in [-0.05, 0) is 19.4 Å². The van der Waals surface area contributed by atoms with Gasteiger partial charge in [0.25, 0.3) is 0 Å². The number of carboxylic acids is 1. The third kappa shape index (κ3) is 5.17. The van der Waals surface area contributed by atoms with Crippen LogP contribution in [0.4, 0.5) is 0 Å². The summed E-state index contributed by atoms with van der Waals surface area (Å²) in [5.74, 6) is -0.720. The predicted molar refractivity (Wildman–Crippen MR) is 56.4 cm³/mol. The molecular formula is C10H17N3O2. The number of nitrogens with one attached hydrogen (secondary N) is 1. The number of hydrogen-bond acceptors (Lipinski definition) is 3. The second-order valence-electron chi connectivity index (χ2n) is 3.55. The van der Waals surface area contributed by atoms with E-state index in [0.29, 0.717) is 0 Å². The highest BCUT2D eigenvalue weighted by Gasteiger charge is 1.97. The zero-order valence-electron chi connectivity index (χ0n) is 8.94. The van der Waals surface area contributed by atoms with Gasteiger partial charge in [0.2, 0.25) is 0 Å². The van der Waals surface area contributed by atoms with Gasteiger partial charge in [0.15, 0.2) is 0 Å². The molecule has 1 heterocycles. The van der Waals surface area contributed by atoms with E-state index in [4.69, 9.17) is 5.11 Å². The minimum absolute atomic E-state index is 0.259. The Morgan fingerprint density at radius 3 is 3.00 bits per heavy atom. The van der Waals surface area contributed by atoms with E-state index in [2.05, 4.69) is 10.4 Å². The number of aliphatic carboxylic acids is 1. The first kappa shape index (κ1) is 11.7. The van der Waals surface area contributed by atoms with Crippen LogP contribution in [0.5, 0.6) is 0 Å². The molecule has 0 spiro atoms. The van der Waals surface area contributed by atoms with Crippen LogP contribution < -0.4 is 5.32 Å². The minimum atomic E-state index is -0.720. The van der Waals surface area contributed by atoms with Gasteiger partial charge in [-0.3, -0.25) is 9.48 Å². The number of aryl methyl sites for hydroxylation is 1. The Kier molecular flexibility index (Phi) is 4.83. The number of rotatable bonds is 7. The van der Waals surface area contributed by atoms with Crippen molar-refractivity contribution in [3.05, 3.63) is 18.0 Å². The van der Waals surface area contributed by atoms with Crippen LogP contribution in [0.1, 0.15) is 24.8 Å². The number of hydrogen-bond donors (Lipinski definition) is 2. The Bertz CT molecular complexity index is 309. The molecule has 0 aromatic carbocycles. The molecule has 1 aromatic rings. The minimum Gasteiger partial charge on any atom is -0.481 e. The van der Waals surface area contributed by atoms with Crippen LogP contribution >= 0.6 is 0 Å². The molecule has 84 valence electrons. The van der Waals surface area contributed by atoms with Crippen molar-refractivity contribution >= 4 is 5.97 Å². The van der Waals surface area contributed by atoms with Crippen LogP contribution in [0.25, 0.3) is 0 Å². The van der Waals surface area contributed by atoms with Gasteiger partial charge in [0.05, 0.1) is 6.20 Å². The predicted octanol–water partition coefficient (Wildman–Crippen LogP) is 0.765. The van der Waals surface area contributed by atoms with Gasteiger partial charge in [-0.2, -0.15) is 5.10 Å². The lowest BCUT2D eigenvalue weighted by molar-refractivity contribution is -0.137. The maximum atomic E-state index is 10.2. The van der Waals surface area contributed by atoms with E-state index in [1.807, 2.05) is 19.4 Å². The molecule has 1 aromatic heterocycles. The first-order valence-electron chi connectivity index (χ1n) is 5.08. The molecule has 0 bridgehead atoms. The lowest BCUT2D eigenvalue weighted by atomic mass is 10.2. The first-order valence-corrected chi connectivity index (χ1v) is 5.08. The van der Waals surface area contributed by atoms with Gasteiger partial charge in [-0.25, -0.2) is 0 Å². The Hall–Kier alpha value is -1.36. The maximum absolute atomic E-state index is 10.2. The summed E-state index contributed by atoms with van der Waals surface area (Å²) in [4.78, 5) is 10.2. The third-order valence-corrected chi connectivity index (χ3v) is 2.08. The van der Waals surface area contributed by atoms with Crippen LogP contribution in [0.2, 0.25) is 0 Å². The topological polar surface area (TPSA) is 67.2 Å². The smallest absolute Gasteiger partial charge is 0.303 e. The van der Waals surface area contributed by atoms with E-state index in [9.17, 15) is 4.79 Å². The fraction of sp³-hybridized carbons (Fsp3) is 0.600. The molecule has 1 rings (SSSR count). The Morgan fingerprint density at radius 2 is 2.40 bits per heavy atom. The molecule has 0 aliphatic rings. The summed E-state index contributed by atoms with van der Waals surface area (Å²) < 4.78 is 1.77. The van der Waals surface area contributed by atoms with E-state index in [1.54, 1.807) is 4.68 Å². The molecule has 0 atom stereocenters. The van der Waals surface area contributed by atoms with Crippen molar-refractivity contribution in [2.75, 3.05) is 6.54 Å². The fourth-order valence-corrected chi connectivity index (χ4v) is 1.32. The Balaban J connectivity index is 2.00. The second-order valence-corrected chi connectivity index (χ2v) is 3.55. The lowest BCUT2D eigenvalue weighted by Gasteiger charge is -2.01. The molecule has 0 unspecified atom stereocenters. The summed E-state index contributed by atoms with van der Waals surface area (Å²) in [6.45, 7) is 1.64. The molecular weight excluding hydrogens is 194 g/mol. The molecule has 15 heavy (non-hydrogen) atoms. The van der Waals surface area contributed by atoms with Crippen molar-refractivity contribution < 1.29 is 9.90 Å². The van der Waals surface area contributed by atoms with Crippen molar-refractivity contribution in [2.24, 2.45) is 7.05 Å². The summed E-state index contributed by atoms with van der Waals surface area (Å²) in [6.07, 6.45) is 5.67. The molecule has 0 radical (unpaired) electrons. The fourth-order valence-electron chi connectivity index (χ4n) is 1.32. The van der Waals surface area contributed by atoms with Crippen molar-refractivity contribution in [3.63, 3.8) is 0 Å². The van der Waals surface area contributed by atoms with E-state index < -0.39 is 5.97 Å². The first-order chi connectivity index (χ1) is 7.18. The zero-order valence-corrected chi connectivity index (χ0v) is 8.94. The van der Waals surface area contributed by atoms with Gasteiger partial charge < -0.3 is 10.4 Å². The molecule has 5 nitrogen and oxygen atoms in total. The summed E-state index contributed by atoms with van der Waals surface area (Å²) in [5, 5.41) is 15.7. The Labute approximate surface area is 89.1 Å². The SMILES string of the molecule is Cn1cc(CNCCCCC(=O)O)cn1. The maximum Gasteiger partial charge on any atom is 0.303 e. The van der Waals surface area contributed by atoms with E-state index in [0.717, 1.165) is 31.5 Å². The molecule has 0 fully saturated rings. The monoisotopic (exact) mass is 211 g/mol. The summed E-state index contributed by atoms with van der Waals surface area (Å²) >= 11 is 0. The van der Waals surface area contributed by atoms with E-state index in [1.165, 1.54) is 0 Å². The van der Waals surface area contributed by atoms with Crippen LogP contribution in [0.15, 0.2) is 12.4 Å². The van der Waals surface area contributed by atoms with Crippen LogP contribution in [0, 0.1) is 0 Å². The highest BCUT2D eigenvalue weighted by atomic mass is 16.4. The number of nitrogens with zero attached hydrogens (tertiary/aromatic N) is 2.